The van der Waals surface area contributed by atoms with E-state index in [4.69, 9.17) is 9.15 Å². The smallest absolute Gasteiger partial charge is 0.314 e. The Labute approximate surface area is 156 Å². The molecule has 1 amide bonds. The summed E-state index contributed by atoms with van der Waals surface area (Å²) in [4.78, 5) is 30.8. The third-order valence-electron chi connectivity index (χ3n) is 5.68. The lowest BCUT2D eigenvalue weighted by molar-refractivity contribution is -0.159. The summed E-state index contributed by atoms with van der Waals surface area (Å²) in [6, 6.07) is 9.52. The molecule has 2 atom stereocenters. The molecule has 1 N–H and O–H groups in total. The first-order chi connectivity index (χ1) is 13.0. The van der Waals surface area contributed by atoms with Crippen LogP contribution in [0.5, 0.6) is 0 Å². The monoisotopic (exact) mass is 370 g/mol. The number of fused-ring (bicyclic) bond motifs is 1. The van der Waals surface area contributed by atoms with E-state index in [-0.39, 0.29) is 31.4 Å². The van der Waals surface area contributed by atoms with Crippen molar-refractivity contribution in [2.45, 2.75) is 19.8 Å². The van der Waals surface area contributed by atoms with Gasteiger partial charge in [0.05, 0.1) is 18.7 Å². The fourth-order valence-corrected chi connectivity index (χ4v) is 4.03. The van der Waals surface area contributed by atoms with Crippen LogP contribution in [0.1, 0.15) is 17.9 Å². The van der Waals surface area contributed by atoms with Gasteiger partial charge in [0.25, 0.3) is 0 Å². The van der Waals surface area contributed by atoms with E-state index in [9.17, 15) is 14.7 Å². The largest absolute Gasteiger partial charge is 0.481 e. The van der Waals surface area contributed by atoms with Crippen molar-refractivity contribution in [3.63, 3.8) is 0 Å². The molecule has 2 aromatic rings. The molecule has 0 spiro atoms. The fraction of sp³-hybridized carbons (Fsp3) is 0.450. The number of rotatable bonds is 4. The molecule has 3 heterocycles. The van der Waals surface area contributed by atoms with Crippen molar-refractivity contribution in [1.82, 2.24) is 9.88 Å². The molecule has 7 nitrogen and oxygen atoms in total. The van der Waals surface area contributed by atoms with Crippen molar-refractivity contribution in [3.05, 3.63) is 41.8 Å². The minimum absolute atomic E-state index is 0.0639. The van der Waals surface area contributed by atoms with Gasteiger partial charge in [0.15, 0.2) is 0 Å². The van der Waals surface area contributed by atoms with Crippen LogP contribution in [0.25, 0.3) is 11.5 Å². The van der Waals surface area contributed by atoms with E-state index in [1.54, 1.807) is 11.8 Å². The second-order valence-electron chi connectivity index (χ2n) is 7.34. The van der Waals surface area contributed by atoms with Gasteiger partial charge in [0.1, 0.15) is 11.2 Å². The van der Waals surface area contributed by atoms with Gasteiger partial charge < -0.3 is 19.2 Å². The van der Waals surface area contributed by atoms with Crippen LogP contribution in [-0.2, 0) is 20.7 Å². The number of amides is 1. The molecule has 4 rings (SSSR count). The first-order valence-electron chi connectivity index (χ1n) is 9.10. The zero-order chi connectivity index (χ0) is 19.0. The predicted octanol–water partition coefficient (Wildman–Crippen LogP) is 2.14. The van der Waals surface area contributed by atoms with Crippen molar-refractivity contribution >= 4 is 11.9 Å². The van der Waals surface area contributed by atoms with E-state index in [1.807, 2.05) is 30.3 Å². The van der Waals surface area contributed by atoms with Gasteiger partial charge in [-0.1, -0.05) is 18.2 Å². The summed E-state index contributed by atoms with van der Waals surface area (Å²) >= 11 is 0. The number of oxazole rings is 1. The molecule has 2 fully saturated rings. The van der Waals surface area contributed by atoms with Crippen LogP contribution in [0.4, 0.5) is 0 Å². The number of hydrogen-bond acceptors (Lipinski definition) is 5. The van der Waals surface area contributed by atoms with Crippen molar-refractivity contribution in [2.24, 2.45) is 11.3 Å². The SMILES string of the molecule is Cc1oc(-c2ccccc2)nc1CC(=O)N1C[C@@H]2CCOC[C@]2(C(=O)O)C1. The number of aryl methyl sites for hydroxylation is 1. The molecule has 27 heavy (non-hydrogen) atoms. The van der Waals surface area contributed by atoms with Gasteiger partial charge >= 0.3 is 5.97 Å². The number of aliphatic carboxylic acids is 1. The maximum absolute atomic E-state index is 12.8. The van der Waals surface area contributed by atoms with Crippen LogP contribution in [0, 0.1) is 18.3 Å². The summed E-state index contributed by atoms with van der Waals surface area (Å²) in [5.41, 5.74) is 0.463. The Kier molecular flexibility index (Phi) is 4.47. The van der Waals surface area contributed by atoms with Gasteiger partial charge in [-0.2, -0.15) is 0 Å². The highest BCUT2D eigenvalue weighted by atomic mass is 16.5. The Morgan fingerprint density at radius 1 is 1.33 bits per heavy atom. The van der Waals surface area contributed by atoms with Crippen LogP contribution >= 0.6 is 0 Å². The van der Waals surface area contributed by atoms with Gasteiger partial charge in [-0.15, -0.1) is 0 Å². The quantitative estimate of drug-likeness (QED) is 0.886. The van der Waals surface area contributed by atoms with Gasteiger partial charge in [-0.25, -0.2) is 4.98 Å². The molecule has 0 aliphatic carbocycles. The molecule has 7 heteroatoms. The second kappa shape index (κ2) is 6.81. The Balaban J connectivity index is 1.50. The second-order valence-corrected chi connectivity index (χ2v) is 7.34. The van der Waals surface area contributed by atoms with Crippen LogP contribution < -0.4 is 0 Å². The van der Waals surface area contributed by atoms with Crippen molar-refractivity contribution < 1.29 is 23.8 Å². The number of benzene rings is 1. The zero-order valence-electron chi connectivity index (χ0n) is 15.2. The average molecular weight is 370 g/mol. The molecular formula is C20H22N2O5. The number of carboxylic acids is 1. The summed E-state index contributed by atoms with van der Waals surface area (Å²) in [5.74, 6) is 0.0231. The Hall–Kier alpha value is -2.67. The van der Waals surface area contributed by atoms with E-state index in [2.05, 4.69) is 4.98 Å². The van der Waals surface area contributed by atoms with Crippen LogP contribution in [0.15, 0.2) is 34.7 Å². The maximum Gasteiger partial charge on any atom is 0.314 e. The summed E-state index contributed by atoms with van der Waals surface area (Å²) in [7, 11) is 0. The maximum atomic E-state index is 12.8. The molecule has 0 radical (unpaired) electrons. The predicted molar refractivity (Wildman–Crippen MR) is 96.0 cm³/mol. The van der Waals surface area contributed by atoms with Crippen LogP contribution in [0.3, 0.4) is 0 Å². The van der Waals surface area contributed by atoms with Gasteiger partial charge in [0, 0.05) is 25.3 Å². The van der Waals surface area contributed by atoms with E-state index >= 15 is 0 Å². The summed E-state index contributed by atoms with van der Waals surface area (Å²) in [5, 5.41) is 9.72. The molecule has 0 unspecified atom stereocenters. The fourth-order valence-electron chi connectivity index (χ4n) is 4.03. The molecule has 0 bridgehead atoms. The molecule has 0 saturated carbocycles. The highest BCUT2D eigenvalue weighted by Gasteiger charge is 2.55. The average Bonchev–Trinajstić information content (AvgIpc) is 3.24. The number of carbonyl (C=O) groups is 2. The third kappa shape index (κ3) is 3.12. The normalized spacial score (nSPS) is 24.6. The minimum Gasteiger partial charge on any atom is -0.481 e. The Bertz CT molecular complexity index is 863. The first kappa shape index (κ1) is 17.7. The molecule has 2 aliphatic rings. The van der Waals surface area contributed by atoms with Gasteiger partial charge in [-0.3, -0.25) is 9.59 Å². The van der Waals surface area contributed by atoms with E-state index in [0.29, 0.717) is 36.9 Å². The summed E-state index contributed by atoms with van der Waals surface area (Å²) in [6.07, 6.45) is 0.767. The van der Waals surface area contributed by atoms with E-state index in [0.717, 1.165) is 5.56 Å². The summed E-state index contributed by atoms with van der Waals surface area (Å²) in [6.45, 7) is 3.14. The Morgan fingerprint density at radius 2 is 2.11 bits per heavy atom. The number of hydrogen-bond donors (Lipinski definition) is 1. The number of aromatic nitrogens is 1. The van der Waals surface area contributed by atoms with Gasteiger partial charge in [-0.05, 0) is 31.4 Å². The number of likely N-dealkylation sites (tertiary alicyclic amines) is 1. The van der Waals surface area contributed by atoms with E-state index < -0.39 is 11.4 Å². The molecule has 2 aliphatic heterocycles. The number of carbonyl (C=O) groups excluding carboxylic acids is 1. The van der Waals surface area contributed by atoms with Crippen LogP contribution in [-0.4, -0.2) is 53.2 Å². The summed E-state index contributed by atoms with van der Waals surface area (Å²) < 4.78 is 11.1. The zero-order valence-corrected chi connectivity index (χ0v) is 15.2. The lowest BCUT2D eigenvalue weighted by atomic mass is 9.76. The molecule has 1 aromatic carbocycles. The van der Waals surface area contributed by atoms with Gasteiger partial charge in [0.2, 0.25) is 11.8 Å². The Morgan fingerprint density at radius 3 is 2.81 bits per heavy atom. The number of carboxylic acid groups (broad SMARTS) is 1. The standard InChI is InChI=1S/C20H22N2O5/c1-13-16(21-18(27-13)14-5-3-2-4-6-14)9-17(23)22-10-15-7-8-26-12-20(15,11-22)19(24)25/h2-6,15H,7-12H2,1H3,(H,24,25)/t15-,20+/m0/s1. The molecule has 142 valence electrons. The highest BCUT2D eigenvalue weighted by Crippen LogP contribution is 2.41. The highest BCUT2D eigenvalue weighted by molar-refractivity contribution is 5.82. The van der Waals surface area contributed by atoms with Crippen molar-refractivity contribution in [3.8, 4) is 11.5 Å². The minimum atomic E-state index is -0.984. The first-order valence-corrected chi connectivity index (χ1v) is 9.10. The molecular weight excluding hydrogens is 348 g/mol. The van der Waals surface area contributed by atoms with Crippen molar-refractivity contribution in [1.29, 1.82) is 0 Å². The number of nitrogens with zero attached hydrogens (tertiary/aromatic N) is 2. The van der Waals surface area contributed by atoms with Crippen LogP contribution in [0.2, 0.25) is 0 Å². The molecule has 2 saturated heterocycles. The van der Waals surface area contributed by atoms with Crippen molar-refractivity contribution in [2.75, 3.05) is 26.3 Å². The topological polar surface area (TPSA) is 92.9 Å². The third-order valence-corrected chi connectivity index (χ3v) is 5.68. The lowest BCUT2D eigenvalue weighted by Crippen LogP contribution is -2.46. The van der Waals surface area contributed by atoms with E-state index in [1.165, 1.54) is 0 Å². The number of ether oxygens (including phenoxy) is 1. The molecule has 1 aromatic heterocycles. The lowest BCUT2D eigenvalue weighted by Gasteiger charge is -2.33.